The first-order valence-corrected chi connectivity index (χ1v) is 7.26. The third-order valence-electron chi connectivity index (χ3n) is 1.79. The molecule has 0 saturated carbocycles. The average Bonchev–Trinajstić information content (AvgIpc) is 1.87. The Balaban J connectivity index is -0.000000320. The number of hydrogen-bond acceptors (Lipinski definition) is 0. The number of hydrogen-bond donors (Lipinski definition) is 0. The van der Waals surface area contributed by atoms with Crippen molar-refractivity contribution in [3.8, 4) is 0 Å². The summed E-state index contributed by atoms with van der Waals surface area (Å²) in [7, 11) is 0. The van der Waals surface area contributed by atoms with Gasteiger partial charge in [-0.1, -0.05) is 0 Å². The molecule has 0 saturated heterocycles. The van der Waals surface area contributed by atoms with Crippen molar-refractivity contribution in [1.82, 2.24) is 0 Å². The zero-order valence-electron chi connectivity index (χ0n) is 7.89. The van der Waals surface area contributed by atoms with Gasteiger partial charge in [-0.2, -0.15) is 0 Å². The van der Waals surface area contributed by atoms with Crippen LogP contribution >= 0.6 is 24.8 Å². The number of halogens is 2. The van der Waals surface area contributed by atoms with E-state index >= 15 is 0 Å². The standard InChI is InChI=1S/2C4H9.2ClH.Sn/c2*1-3-4-2;;;/h2*3H,4H2,1-2H3;2*1H;. The Bertz CT molecular complexity index is 61.1. The van der Waals surface area contributed by atoms with E-state index in [0.717, 1.165) is 7.87 Å². The predicted octanol–water partition coefficient (Wildman–Crippen LogP) is 3.97. The van der Waals surface area contributed by atoms with Crippen LogP contribution in [0.2, 0.25) is 7.87 Å². The Morgan fingerprint density at radius 3 is 1.36 bits per heavy atom. The zero-order chi connectivity index (χ0) is 7.28. The van der Waals surface area contributed by atoms with Crippen molar-refractivity contribution < 1.29 is 0 Å². The van der Waals surface area contributed by atoms with Crippen LogP contribution in [0.15, 0.2) is 0 Å². The van der Waals surface area contributed by atoms with Crippen molar-refractivity contribution in [3.63, 3.8) is 0 Å². The SMILES string of the molecule is CC[CH](C)[Sn][CH](C)CC.Cl.Cl. The van der Waals surface area contributed by atoms with Gasteiger partial charge in [0.1, 0.15) is 0 Å². The van der Waals surface area contributed by atoms with Gasteiger partial charge in [0.05, 0.1) is 0 Å². The summed E-state index contributed by atoms with van der Waals surface area (Å²) in [5.74, 6) is 0. The molecule has 0 N–H and O–H groups in total. The van der Waals surface area contributed by atoms with E-state index < -0.39 is 0 Å². The minimum Gasteiger partial charge on any atom is -0.147 e. The fraction of sp³-hybridized carbons (Fsp3) is 1.00. The maximum Gasteiger partial charge on any atom is -0.147 e. The van der Waals surface area contributed by atoms with E-state index in [-0.39, 0.29) is 46.0 Å². The Hall–Kier alpha value is 1.38. The molecule has 2 radical (unpaired) electrons. The third kappa shape index (κ3) is 11.4. The molecule has 0 aromatic carbocycles. The van der Waals surface area contributed by atoms with Crippen molar-refractivity contribution in [2.75, 3.05) is 0 Å². The molecule has 0 nitrogen and oxygen atoms in total. The zero-order valence-corrected chi connectivity index (χ0v) is 12.4. The van der Waals surface area contributed by atoms with Crippen molar-refractivity contribution >= 4 is 46.0 Å². The van der Waals surface area contributed by atoms with Gasteiger partial charge >= 0.3 is 69.5 Å². The topological polar surface area (TPSA) is 0 Å². The minimum absolute atomic E-state index is 0. The van der Waals surface area contributed by atoms with Gasteiger partial charge < -0.3 is 0 Å². The molecule has 2 atom stereocenters. The molecule has 11 heavy (non-hydrogen) atoms. The van der Waals surface area contributed by atoms with Crippen LogP contribution in [0.25, 0.3) is 0 Å². The maximum atomic E-state index is 2.42. The van der Waals surface area contributed by atoms with Gasteiger partial charge in [0, 0.05) is 0 Å². The van der Waals surface area contributed by atoms with Crippen molar-refractivity contribution in [1.29, 1.82) is 0 Å². The molecular formula is C8H20Cl2Sn. The Morgan fingerprint density at radius 2 is 1.18 bits per heavy atom. The normalized spacial score (nSPS) is 14.2. The Kier molecular flexibility index (Phi) is 18.8. The van der Waals surface area contributed by atoms with E-state index in [1.54, 1.807) is 0 Å². The maximum absolute atomic E-state index is 2.42. The molecular weight excluding hydrogens is 286 g/mol. The van der Waals surface area contributed by atoms with Crippen LogP contribution in [0.4, 0.5) is 0 Å². The summed E-state index contributed by atoms with van der Waals surface area (Å²) in [6, 6.07) is 0. The molecule has 70 valence electrons. The molecule has 0 heterocycles. The first-order valence-electron chi connectivity index (χ1n) is 3.96. The summed E-state index contributed by atoms with van der Waals surface area (Å²) < 4.78 is 2.20. The summed E-state index contributed by atoms with van der Waals surface area (Å²) in [5.41, 5.74) is 0. The first kappa shape index (κ1) is 18.2. The van der Waals surface area contributed by atoms with E-state index in [1.807, 2.05) is 0 Å². The van der Waals surface area contributed by atoms with E-state index in [4.69, 9.17) is 0 Å². The van der Waals surface area contributed by atoms with Crippen LogP contribution in [-0.4, -0.2) is 21.1 Å². The van der Waals surface area contributed by atoms with Gasteiger partial charge in [-0.25, -0.2) is 0 Å². The van der Waals surface area contributed by atoms with Crippen LogP contribution in [0, 0.1) is 0 Å². The van der Waals surface area contributed by atoms with Gasteiger partial charge in [0.15, 0.2) is 0 Å². The van der Waals surface area contributed by atoms with E-state index in [2.05, 4.69) is 27.7 Å². The molecule has 0 aliphatic carbocycles. The van der Waals surface area contributed by atoms with Crippen LogP contribution < -0.4 is 0 Å². The average molecular weight is 306 g/mol. The summed E-state index contributed by atoms with van der Waals surface area (Å²) in [4.78, 5) is 0. The third-order valence-corrected chi connectivity index (χ3v) is 7.37. The van der Waals surface area contributed by atoms with E-state index in [1.165, 1.54) is 12.8 Å². The molecule has 0 aromatic heterocycles. The van der Waals surface area contributed by atoms with E-state index in [0.29, 0.717) is 0 Å². The van der Waals surface area contributed by atoms with Gasteiger partial charge in [-0.15, -0.1) is 24.8 Å². The molecule has 0 spiro atoms. The van der Waals surface area contributed by atoms with Crippen LogP contribution in [0.1, 0.15) is 40.5 Å². The summed E-state index contributed by atoms with van der Waals surface area (Å²) in [6.45, 7) is 9.46. The van der Waals surface area contributed by atoms with E-state index in [9.17, 15) is 0 Å². The molecule has 0 fully saturated rings. The van der Waals surface area contributed by atoms with Crippen LogP contribution in [-0.2, 0) is 0 Å². The second-order valence-electron chi connectivity index (χ2n) is 2.79. The largest absolute Gasteiger partial charge is 0.147 e. The minimum atomic E-state index is 0. The molecule has 0 amide bonds. The molecule has 3 heteroatoms. The van der Waals surface area contributed by atoms with Gasteiger partial charge in [-0.05, 0) is 0 Å². The second-order valence-corrected chi connectivity index (χ2v) is 9.36. The summed E-state index contributed by atoms with van der Waals surface area (Å²) >= 11 is 0.00250. The number of rotatable bonds is 4. The molecule has 0 bridgehead atoms. The quantitative estimate of drug-likeness (QED) is 0.689. The predicted molar refractivity (Wildman–Crippen MR) is 59.7 cm³/mol. The molecule has 2 unspecified atom stereocenters. The van der Waals surface area contributed by atoms with Crippen LogP contribution in [0.3, 0.4) is 0 Å². The molecule has 0 aliphatic rings. The monoisotopic (exact) mass is 306 g/mol. The molecule has 0 aromatic rings. The first-order chi connectivity index (χ1) is 4.20. The molecule has 0 aliphatic heterocycles. The smallest absolute Gasteiger partial charge is 0.147 e. The Labute approximate surface area is 93.9 Å². The van der Waals surface area contributed by atoms with Crippen LogP contribution in [0.5, 0.6) is 0 Å². The fourth-order valence-corrected chi connectivity index (χ4v) is 4.84. The van der Waals surface area contributed by atoms with Crippen molar-refractivity contribution in [2.45, 2.75) is 48.4 Å². The summed E-state index contributed by atoms with van der Waals surface area (Å²) in [5, 5.41) is 0. The van der Waals surface area contributed by atoms with Crippen molar-refractivity contribution in [2.24, 2.45) is 0 Å². The van der Waals surface area contributed by atoms with Gasteiger partial charge in [-0.3, -0.25) is 0 Å². The Morgan fingerprint density at radius 1 is 0.909 bits per heavy atom. The second kappa shape index (κ2) is 11.4. The fourth-order valence-electron chi connectivity index (χ4n) is 0.721. The van der Waals surface area contributed by atoms with Gasteiger partial charge in [0.2, 0.25) is 0 Å². The van der Waals surface area contributed by atoms with Crippen molar-refractivity contribution in [3.05, 3.63) is 0 Å². The molecule has 0 rings (SSSR count). The van der Waals surface area contributed by atoms with Gasteiger partial charge in [0.25, 0.3) is 0 Å². The summed E-state index contributed by atoms with van der Waals surface area (Å²) in [6.07, 6.45) is 2.83.